The van der Waals surface area contributed by atoms with Crippen LogP contribution in [0.1, 0.15) is 18.3 Å². The molecule has 1 amide bonds. The number of rotatable bonds is 5. The lowest BCUT2D eigenvalue weighted by Crippen LogP contribution is -2.16. The first-order valence-corrected chi connectivity index (χ1v) is 7.50. The largest absolute Gasteiger partial charge is 0.379 e. The van der Waals surface area contributed by atoms with E-state index in [2.05, 4.69) is 15.1 Å². The fourth-order valence-electron chi connectivity index (χ4n) is 2.68. The fraction of sp³-hybridized carbons (Fsp3) is 0.467. The van der Waals surface area contributed by atoms with Gasteiger partial charge >= 0.3 is 0 Å². The lowest BCUT2D eigenvalue weighted by molar-refractivity contribution is -0.117. The van der Waals surface area contributed by atoms with Crippen molar-refractivity contribution in [2.24, 2.45) is 5.73 Å². The van der Waals surface area contributed by atoms with E-state index in [-0.39, 0.29) is 12.5 Å². The van der Waals surface area contributed by atoms with E-state index in [1.807, 2.05) is 35.8 Å². The third-order valence-corrected chi connectivity index (χ3v) is 3.71. The molecule has 0 saturated carbocycles. The molecule has 1 aliphatic heterocycles. The minimum Gasteiger partial charge on any atom is -0.379 e. The molecule has 1 atom stereocenters. The molecule has 1 aliphatic rings. The van der Waals surface area contributed by atoms with Crippen LogP contribution in [0.4, 0.5) is 5.82 Å². The van der Waals surface area contributed by atoms with Crippen molar-refractivity contribution in [2.75, 3.05) is 32.2 Å². The molecule has 0 spiro atoms. The smallest absolute Gasteiger partial charge is 0.225 e. The zero-order chi connectivity index (χ0) is 16.4. The Morgan fingerprint density at radius 2 is 2.35 bits per heavy atom. The van der Waals surface area contributed by atoms with Crippen molar-refractivity contribution < 1.29 is 9.53 Å². The van der Waals surface area contributed by atoms with E-state index < -0.39 is 5.91 Å². The standard InChI is InChI=1S/C15H20N6O2/c1-20(2)14-11(4-3-6-17-14)15-18-13(8-12(16)22)19-21(15)10-5-7-23-9-10/h3-4,6,10H,5,7-9H2,1-2H3,(H2,16,22). The molecular weight excluding hydrogens is 296 g/mol. The molecule has 23 heavy (non-hydrogen) atoms. The lowest BCUT2D eigenvalue weighted by atomic mass is 10.2. The first kappa shape index (κ1) is 15.4. The van der Waals surface area contributed by atoms with Crippen LogP contribution in [0.25, 0.3) is 11.4 Å². The minimum absolute atomic E-state index is 0.0190. The van der Waals surface area contributed by atoms with Gasteiger partial charge in [-0.25, -0.2) is 14.6 Å². The Labute approximate surface area is 134 Å². The number of hydrogen-bond donors (Lipinski definition) is 1. The van der Waals surface area contributed by atoms with Gasteiger partial charge in [-0.2, -0.15) is 5.10 Å². The van der Waals surface area contributed by atoms with Crippen LogP contribution in [0.2, 0.25) is 0 Å². The summed E-state index contributed by atoms with van der Waals surface area (Å²) in [4.78, 5) is 22.1. The average molecular weight is 316 g/mol. The van der Waals surface area contributed by atoms with E-state index in [0.29, 0.717) is 24.9 Å². The van der Waals surface area contributed by atoms with E-state index in [1.54, 1.807) is 6.20 Å². The Bertz CT molecular complexity index is 706. The van der Waals surface area contributed by atoms with E-state index in [1.165, 1.54) is 0 Å². The summed E-state index contributed by atoms with van der Waals surface area (Å²) in [5.74, 6) is 1.46. The number of amides is 1. The van der Waals surface area contributed by atoms with Gasteiger partial charge in [0.1, 0.15) is 5.82 Å². The normalized spacial score (nSPS) is 17.4. The highest BCUT2D eigenvalue weighted by molar-refractivity contribution is 5.76. The zero-order valence-electron chi connectivity index (χ0n) is 13.3. The maximum atomic E-state index is 11.2. The van der Waals surface area contributed by atoms with Crippen molar-refractivity contribution in [1.82, 2.24) is 19.7 Å². The van der Waals surface area contributed by atoms with Gasteiger partial charge in [0.2, 0.25) is 5.91 Å². The SMILES string of the molecule is CN(C)c1ncccc1-c1nc(CC(N)=O)nn1C1CCOC1. The molecule has 0 radical (unpaired) electrons. The molecule has 8 nitrogen and oxygen atoms in total. The molecule has 2 aromatic rings. The topological polar surface area (TPSA) is 99.2 Å². The molecule has 1 unspecified atom stereocenters. The van der Waals surface area contributed by atoms with E-state index >= 15 is 0 Å². The lowest BCUT2D eigenvalue weighted by Gasteiger charge is -2.17. The first-order valence-electron chi connectivity index (χ1n) is 7.50. The number of carbonyl (C=O) groups excluding carboxylic acids is 1. The summed E-state index contributed by atoms with van der Waals surface area (Å²) < 4.78 is 7.31. The molecule has 3 heterocycles. The van der Waals surface area contributed by atoms with E-state index in [9.17, 15) is 4.79 Å². The predicted molar refractivity (Wildman–Crippen MR) is 85.0 cm³/mol. The van der Waals surface area contributed by atoms with E-state index in [0.717, 1.165) is 17.8 Å². The maximum absolute atomic E-state index is 11.2. The van der Waals surface area contributed by atoms with Gasteiger partial charge in [0.15, 0.2) is 11.6 Å². The van der Waals surface area contributed by atoms with Gasteiger partial charge in [0, 0.05) is 26.9 Å². The summed E-state index contributed by atoms with van der Waals surface area (Å²) in [6.07, 6.45) is 2.62. The number of anilines is 1. The number of ether oxygens (including phenoxy) is 1. The van der Waals surface area contributed by atoms with Gasteiger partial charge in [-0.1, -0.05) is 0 Å². The number of carbonyl (C=O) groups is 1. The van der Waals surface area contributed by atoms with Crippen molar-refractivity contribution in [3.8, 4) is 11.4 Å². The molecule has 3 rings (SSSR count). The Hall–Kier alpha value is -2.48. The second-order valence-corrected chi connectivity index (χ2v) is 5.73. The zero-order valence-corrected chi connectivity index (χ0v) is 13.3. The highest BCUT2D eigenvalue weighted by Gasteiger charge is 2.25. The van der Waals surface area contributed by atoms with Gasteiger partial charge in [-0.3, -0.25) is 4.79 Å². The monoisotopic (exact) mass is 316 g/mol. The summed E-state index contributed by atoms with van der Waals surface area (Å²) in [6, 6.07) is 3.92. The molecule has 0 aliphatic carbocycles. The van der Waals surface area contributed by atoms with E-state index in [4.69, 9.17) is 10.5 Å². The van der Waals surface area contributed by atoms with Crippen molar-refractivity contribution in [3.63, 3.8) is 0 Å². The van der Waals surface area contributed by atoms with Crippen molar-refractivity contribution in [1.29, 1.82) is 0 Å². The van der Waals surface area contributed by atoms with Crippen LogP contribution in [-0.2, 0) is 16.0 Å². The molecule has 1 saturated heterocycles. The number of pyridine rings is 1. The molecule has 2 N–H and O–H groups in total. The first-order chi connectivity index (χ1) is 11.1. The minimum atomic E-state index is -0.449. The number of nitrogens with two attached hydrogens (primary N) is 1. The van der Waals surface area contributed by atoms with Crippen LogP contribution in [0, 0.1) is 0 Å². The van der Waals surface area contributed by atoms with Crippen LogP contribution in [0.3, 0.4) is 0 Å². The number of aromatic nitrogens is 4. The summed E-state index contributed by atoms with van der Waals surface area (Å²) >= 11 is 0. The molecule has 0 bridgehead atoms. The predicted octanol–water partition coefficient (Wildman–Crippen LogP) is 0.395. The van der Waals surface area contributed by atoms with Crippen molar-refractivity contribution in [3.05, 3.63) is 24.2 Å². The summed E-state index contributed by atoms with van der Waals surface area (Å²) in [5.41, 5.74) is 6.15. The quantitative estimate of drug-likeness (QED) is 0.857. The molecule has 1 fully saturated rings. The second-order valence-electron chi connectivity index (χ2n) is 5.73. The Morgan fingerprint density at radius 1 is 1.52 bits per heavy atom. The van der Waals surface area contributed by atoms with Crippen LogP contribution in [0.15, 0.2) is 18.3 Å². The third kappa shape index (κ3) is 3.16. The summed E-state index contributed by atoms with van der Waals surface area (Å²) in [5, 5.41) is 4.49. The molecule has 0 aromatic carbocycles. The highest BCUT2D eigenvalue weighted by atomic mass is 16.5. The Morgan fingerprint density at radius 3 is 3.00 bits per heavy atom. The van der Waals surface area contributed by atoms with Gasteiger partial charge in [-0.05, 0) is 18.6 Å². The van der Waals surface area contributed by atoms with Crippen LogP contribution < -0.4 is 10.6 Å². The molecule has 122 valence electrons. The number of hydrogen-bond acceptors (Lipinski definition) is 6. The van der Waals surface area contributed by atoms with Gasteiger partial charge in [0.25, 0.3) is 0 Å². The number of primary amides is 1. The molecular formula is C15H20N6O2. The molecule has 8 heteroatoms. The second kappa shape index (κ2) is 6.33. The van der Waals surface area contributed by atoms with Gasteiger partial charge < -0.3 is 15.4 Å². The van der Waals surface area contributed by atoms with Gasteiger partial charge in [0.05, 0.1) is 24.6 Å². The van der Waals surface area contributed by atoms with Gasteiger partial charge in [-0.15, -0.1) is 0 Å². The number of nitrogens with zero attached hydrogens (tertiary/aromatic N) is 5. The maximum Gasteiger partial charge on any atom is 0.225 e. The highest BCUT2D eigenvalue weighted by Crippen LogP contribution is 2.30. The summed E-state index contributed by atoms with van der Waals surface area (Å²) in [6.45, 7) is 1.28. The van der Waals surface area contributed by atoms with Crippen LogP contribution in [-0.4, -0.2) is 53.0 Å². The third-order valence-electron chi connectivity index (χ3n) is 3.71. The Kier molecular flexibility index (Phi) is 4.24. The van der Waals surface area contributed by atoms with Crippen LogP contribution in [0.5, 0.6) is 0 Å². The Balaban J connectivity index is 2.09. The average Bonchev–Trinajstić information content (AvgIpc) is 3.15. The summed E-state index contributed by atoms with van der Waals surface area (Å²) in [7, 11) is 3.85. The van der Waals surface area contributed by atoms with Crippen molar-refractivity contribution in [2.45, 2.75) is 18.9 Å². The van der Waals surface area contributed by atoms with Crippen LogP contribution >= 0.6 is 0 Å². The van der Waals surface area contributed by atoms with Crippen molar-refractivity contribution >= 4 is 11.7 Å². The molecule has 2 aromatic heterocycles. The fourth-order valence-corrected chi connectivity index (χ4v) is 2.68.